The van der Waals surface area contributed by atoms with Crippen LogP contribution in [0.15, 0.2) is 0 Å². The van der Waals surface area contributed by atoms with Crippen LogP contribution in [0.2, 0.25) is 0 Å². The largest absolute Gasteiger partial charge is 0.508 e. The van der Waals surface area contributed by atoms with E-state index in [4.69, 9.17) is 18.5 Å². The molecule has 0 aromatic heterocycles. The van der Waals surface area contributed by atoms with Crippen LogP contribution in [-0.2, 0) is 18.5 Å². The van der Waals surface area contributed by atoms with Crippen LogP contribution < -0.4 is 0 Å². The number of hydrogen-bond donors (Lipinski definition) is 1. The van der Waals surface area contributed by atoms with E-state index in [1.165, 1.54) is 89.9 Å². The molecule has 0 aromatic carbocycles. The van der Waals surface area contributed by atoms with E-state index < -0.39 is 20.9 Å². The Labute approximate surface area is 217 Å². The highest BCUT2D eigenvalue weighted by molar-refractivity contribution is 7.40. The van der Waals surface area contributed by atoms with Crippen LogP contribution in [0.3, 0.4) is 0 Å². The lowest BCUT2D eigenvalue weighted by Gasteiger charge is -2.19. The maximum absolute atomic E-state index is 11.7. The molecular formula is C27H56NO6P. The second-order valence-corrected chi connectivity index (χ2v) is 10.7. The molecule has 0 bridgehead atoms. The van der Waals surface area contributed by atoms with Gasteiger partial charge in [0.25, 0.3) is 0 Å². The van der Waals surface area contributed by atoms with E-state index in [9.17, 15) is 9.69 Å². The van der Waals surface area contributed by atoms with Gasteiger partial charge in [-0.2, -0.15) is 0 Å². The molecule has 0 heterocycles. The van der Waals surface area contributed by atoms with E-state index in [0.717, 1.165) is 12.8 Å². The predicted octanol–water partition coefficient (Wildman–Crippen LogP) is 7.99. The fourth-order valence-electron chi connectivity index (χ4n) is 3.87. The van der Waals surface area contributed by atoms with Crippen molar-refractivity contribution in [3.8, 4) is 0 Å². The molecule has 1 N–H and O–H groups in total. The van der Waals surface area contributed by atoms with Crippen molar-refractivity contribution >= 4 is 14.8 Å². The Morgan fingerprint density at radius 2 is 1.26 bits per heavy atom. The number of carbonyl (C=O) groups excluding carboxylic acids is 1. The number of nitrogens with zero attached hydrogens (tertiary/aromatic N) is 1. The van der Waals surface area contributed by atoms with Gasteiger partial charge < -0.3 is 28.3 Å². The maximum Gasteiger partial charge on any atom is 0.508 e. The summed E-state index contributed by atoms with van der Waals surface area (Å²) >= 11 is 0. The molecule has 210 valence electrons. The molecule has 0 aliphatic rings. The number of rotatable bonds is 26. The van der Waals surface area contributed by atoms with Gasteiger partial charge in [0.15, 0.2) is 0 Å². The van der Waals surface area contributed by atoms with Crippen molar-refractivity contribution in [1.82, 2.24) is 4.90 Å². The zero-order chi connectivity index (χ0) is 26.0. The molecule has 0 aliphatic carbocycles. The summed E-state index contributed by atoms with van der Waals surface area (Å²) in [4.78, 5) is 23.6. The molecule has 35 heavy (non-hydrogen) atoms. The molecule has 0 saturated heterocycles. The van der Waals surface area contributed by atoms with Gasteiger partial charge in [-0.3, -0.25) is 0 Å². The molecule has 8 heteroatoms. The minimum Gasteiger partial charge on any atom is -0.435 e. The third kappa shape index (κ3) is 26.4. The zero-order valence-corrected chi connectivity index (χ0v) is 24.2. The van der Waals surface area contributed by atoms with Gasteiger partial charge in [-0.1, -0.05) is 103 Å². The van der Waals surface area contributed by atoms with Gasteiger partial charge in [0.1, 0.15) is 6.10 Å². The molecule has 0 aromatic rings. The van der Waals surface area contributed by atoms with Gasteiger partial charge in [-0.15, -0.1) is 0 Å². The van der Waals surface area contributed by atoms with E-state index in [1.807, 2.05) is 19.0 Å². The highest BCUT2D eigenvalue weighted by Gasteiger charge is 2.18. The molecule has 7 nitrogen and oxygen atoms in total. The molecule has 0 aliphatic heterocycles. The van der Waals surface area contributed by atoms with E-state index in [1.54, 1.807) is 6.92 Å². The SMILES string of the molecule is CCCCCCCCCCCCCCCCCCC(COP(O)OCCN(C)C)OC(=O)OCC. The van der Waals surface area contributed by atoms with Crippen LogP contribution in [0, 0.1) is 0 Å². The number of likely N-dealkylation sites (N-methyl/N-ethyl adjacent to an activating group) is 1. The second kappa shape index (κ2) is 26.6. The first-order chi connectivity index (χ1) is 17.0. The summed E-state index contributed by atoms with van der Waals surface area (Å²) in [5.41, 5.74) is 0. The van der Waals surface area contributed by atoms with Gasteiger partial charge in [-0.25, -0.2) is 4.79 Å². The van der Waals surface area contributed by atoms with Crippen molar-refractivity contribution < 1.29 is 28.2 Å². The van der Waals surface area contributed by atoms with E-state index in [2.05, 4.69) is 6.92 Å². The van der Waals surface area contributed by atoms with E-state index in [-0.39, 0.29) is 13.2 Å². The highest BCUT2D eigenvalue weighted by atomic mass is 31.2. The fraction of sp³-hybridized carbons (Fsp3) is 0.963. The molecule has 0 saturated carbocycles. The first-order valence-corrected chi connectivity index (χ1v) is 15.4. The number of unbranched alkanes of at least 4 members (excludes halogenated alkanes) is 15. The summed E-state index contributed by atoms with van der Waals surface area (Å²) in [6.07, 6.45) is 20.7. The van der Waals surface area contributed by atoms with Crippen molar-refractivity contribution in [1.29, 1.82) is 0 Å². The quantitative estimate of drug-likeness (QED) is 0.0702. The summed E-state index contributed by atoms with van der Waals surface area (Å²) in [7, 11) is 1.90. The Balaban J connectivity index is 3.76. The third-order valence-corrected chi connectivity index (χ3v) is 6.79. The molecule has 2 unspecified atom stereocenters. The summed E-state index contributed by atoms with van der Waals surface area (Å²) in [6, 6.07) is 0. The van der Waals surface area contributed by atoms with E-state index in [0.29, 0.717) is 19.6 Å². The first kappa shape index (κ1) is 34.5. The Morgan fingerprint density at radius 3 is 1.71 bits per heavy atom. The first-order valence-electron chi connectivity index (χ1n) is 14.2. The fourth-order valence-corrected chi connectivity index (χ4v) is 4.48. The van der Waals surface area contributed by atoms with E-state index >= 15 is 0 Å². The smallest absolute Gasteiger partial charge is 0.435 e. The monoisotopic (exact) mass is 521 g/mol. The highest BCUT2D eigenvalue weighted by Crippen LogP contribution is 2.33. The van der Waals surface area contributed by atoms with Crippen LogP contribution in [0.25, 0.3) is 0 Å². The summed E-state index contributed by atoms with van der Waals surface area (Å²) in [6.45, 7) is 5.49. The zero-order valence-electron chi connectivity index (χ0n) is 23.3. The number of hydrogen-bond acceptors (Lipinski definition) is 7. The standard InChI is InChI=1S/C27H56NO6P/c1-5-7-8-9-10-11-12-13-14-15-16-17-18-19-20-21-22-26(34-27(29)31-6-2)25-33-35(30)32-24-23-28(3)4/h26,30H,5-25H2,1-4H3. The Hall–Kier alpha value is -0.460. The van der Waals surface area contributed by atoms with Gasteiger partial charge in [-0.05, 0) is 33.9 Å². The summed E-state index contributed by atoms with van der Waals surface area (Å²) in [5.74, 6) is 0. The molecule has 0 radical (unpaired) electrons. The minimum atomic E-state index is -1.97. The normalized spacial score (nSPS) is 13.2. The van der Waals surface area contributed by atoms with Crippen molar-refractivity contribution in [2.45, 2.75) is 129 Å². The van der Waals surface area contributed by atoms with Gasteiger partial charge >= 0.3 is 14.8 Å². The van der Waals surface area contributed by atoms with Crippen molar-refractivity contribution in [3.05, 3.63) is 0 Å². The molecule has 0 amide bonds. The van der Waals surface area contributed by atoms with Gasteiger partial charge in [0, 0.05) is 6.54 Å². The molecular weight excluding hydrogens is 465 g/mol. The summed E-state index contributed by atoms with van der Waals surface area (Å²) in [5, 5.41) is 0. The number of ether oxygens (including phenoxy) is 2. The molecule has 0 rings (SSSR count). The van der Waals surface area contributed by atoms with Crippen molar-refractivity contribution in [3.63, 3.8) is 0 Å². The lowest BCUT2D eigenvalue weighted by molar-refractivity contribution is 0.00232. The molecule has 0 spiro atoms. The second-order valence-electron chi connectivity index (χ2n) is 9.68. The van der Waals surface area contributed by atoms with Crippen molar-refractivity contribution in [2.75, 3.05) is 40.5 Å². The Kier molecular flexibility index (Phi) is 26.2. The topological polar surface area (TPSA) is 77.5 Å². The Morgan fingerprint density at radius 1 is 0.771 bits per heavy atom. The molecule has 2 atom stereocenters. The minimum absolute atomic E-state index is 0.113. The third-order valence-electron chi connectivity index (χ3n) is 6.02. The maximum atomic E-state index is 11.7. The lowest BCUT2D eigenvalue weighted by atomic mass is 10.0. The van der Waals surface area contributed by atoms with Crippen LogP contribution in [0.1, 0.15) is 123 Å². The predicted molar refractivity (Wildman–Crippen MR) is 146 cm³/mol. The van der Waals surface area contributed by atoms with Crippen LogP contribution in [-0.4, -0.2) is 62.5 Å². The number of carbonyl (C=O) groups is 1. The van der Waals surface area contributed by atoms with Gasteiger partial charge in [0.2, 0.25) is 0 Å². The average Bonchev–Trinajstić information content (AvgIpc) is 2.82. The molecule has 0 fully saturated rings. The summed E-state index contributed by atoms with van der Waals surface area (Å²) < 4.78 is 20.9. The van der Waals surface area contributed by atoms with Crippen LogP contribution in [0.5, 0.6) is 0 Å². The van der Waals surface area contributed by atoms with Crippen LogP contribution >= 0.6 is 8.60 Å². The lowest BCUT2D eigenvalue weighted by Crippen LogP contribution is -2.24. The average molecular weight is 522 g/mol. The van der Waals surface area contributed by atoms with Gasteiger partial charge in [0.05, 0.1) is 19.8 Å². The Bertz CT molecular complexity index is 455. The van der Waals surface area contributed by atoms with Crippen molar-refractivity contribution in [2.24, 2.45) is 0 Å². The van der Waals surface area contributed by atoms with Crippen LogP contribution in [0.4, 0.5) is 4.79 Å².